The first-order valence-electron chi connectivity index (χ1n) is 7.36. The molecule has 3 heterocycles. The van der Waals surface area contributed by atoms with Crippen molar-refractivity contribution in [3.05, 3.63) is 66.6 Å². The fourth-order valence-corrected chi connectivity index (χ4v) is 2.55. The van der Waals surface area contributed by atoms with Gasteiger partial charge in [0, 0.05) is 24.2 Å². The number of fused-ring (bicyclic) bond motifs is 1. The fraction of sp³-hybridized carbons (Fsp3) is 0.0556. The Hall–Kier alpha value is -3.22. The van der Waals surface area contributed by atoms with E-state index in [4.69, 9.17) is 4.42 Å². The normalized spacial score (nSPS) is 11.8. The van der Waals surface area contributed by atoms with Gasteiger partial charge in [-0.25, -0.2) is 4.98 Å². The minimum Gasteiger partial charge on any atom is -0.436 e. The van der Waals surface area contributed by atoms with E-state index in [-0.39, 0.29) is 5.69 Å². The third-order valence-corrected chi connectivity index (χ3v) is 3.68. The van der Waals surface area contributed by atoms with Crippen molar-refractivity contribution in [3.63, 3.8) is 0 Å². The predicted octanol–water partition coefficient (Wildman–Crippen LogP) is 4.97. The molecule has 4 aromatic rings. The Morgan fingerprint density at radius 3 is 2.52 bits per heavy atom. The molecule has 4 nitrogen and oxygen atoms in total. The van der Waals surface area contributed by atoms with Gasteiger partial charge in [0.1, 0.15) is 5.52 Å². The summed E-state index contributed by atoms with van der Waals surface area (Å²) in [5, 5.41) is 0. The summed E-state index contributed by atoms with van der Waals surface area (Å²) in [4.78, 5) is 12.2. The molecular weight excluding hydrogens is 331 g/mol. The van der Waals surface area contributed by atoms with Gasteiger partial charge in [0.15, 0.2) is 5.58 Å². The molecule has 0 bridgehead atoms. The van der Waals surface area contributed by atoms with E-state index in [0.717, 1.165) is 6.07 Å². The monoisotopic (exact) mass is 341 g/mol. The molecule has 0 saturated heterocycles. The quantitative estimate of drug-likeness (QED) is 0.516. The predicted molar refractivity (Wildman–Crippen MR) is 85.5 cm³/mol. The second-order valence-corrected chi connectivity index (χ2v) is 5.34. The number of hydrogen-bond acceptors (Lipinski definition) is 4. The van der Waals surface area contributed by atoms with Gasteiger partial charge in [0.25, 0.3) is 0 Å². The van der Waals surface area contributed by atoms with Crippen LogP contribution in [0.4, 0.5) is 13.2 Å². The van der Waals surface area contributed by atoms with Gasteiger partial charge in [-0.2, -0.15) is 13.2 Å². The second-order valence-electron chi connectivity index (χ2n) is 5.34. The van der Waals surface area contributed by atoms with Crippen LogP contribution in [0.25, 0.3) is 33.8 Å². The lowest BCUT2D eigenvalue weighted by Gasteiger charge is -2.11. The highest BCUT2D eigenvalue weighted by molar-refractivity contribution is 5.82. The highest BCUT2D eigenvalue weighted by atomic mass is 19.4. The van der Waals surface area contributed by atoms with E-state index < -0.39 is 11.7 Å². The Kier molecular flexibility index (Phi) is 3.49. The van der Waals surface area contributed by atoms with Crippen LogP contribution in [-0.4, -0.2) is 15.0 Å². The Morgan fingerprint density at radius 2 is 1.76 bits per heavy atom. The van der Waals surface area contributed by atoms with E-state index in [1.54, 1.807) is 30.6 Å². The maximum atomic E-state index is 13.2. The van der Waals surface area contributed by atoms with Crippen molar-refractivity contribution in [1.82, 2.24) is 15.0 Å². The lowest BCUT2D eigenvalue weighted by atomic mass is 10.1. The SMILES string of the molecule is FC(F)(F)c1cccnc1-c1ccc2oc(-c3cccnc3)nc2c1. The van der Waals surface area contributed by atoms with Crippen molar-refractivity contribution in [2.75, 3.05) is 0 Å². The largest absolute Gasteiger partial charge is 0.436 e. The molecule has 0 spiro atoms. The summed E-state index contributed by atoms with van der Waals surface area (Å²) in [5.74, 6) is 0.359. The summed E-state index contributed by atoms with van der Waals surface area (Å²) in [6.07, 6.45) is 0.0814. The number of nitrogens with zero attached hydrogens (tertiary/aromatic N) is 3. The van der Waals surface area contributed by atoms with Gasteiger partial charge < -0.3 is 4.42 Å². The molecule has 124 valence electrons. The highest BCUT2D eigenvalue weighted by Crippen LogP contribution is 2.36. The summed E-state index contributed by atoms with van der Waals surface area (Å²) in [7, 11) is 0. The van der Waals surface area contributed by atoms with Gasteiger partial charge >= 0.3 is 6.18 Å². The molecule has 0 N–H and O–H groups in total. The number of halogens is 3. The Morgan fingerprint density at radius 1 is 0.920 bits per heavy atom. The van der Waals surface area contributed by atoms with Crippen LogP contribution in [0.5, 0.6) is 0 Å². The zero-order chi connectivity index (χ0) is 17.4. The third-order valence-electron chi connectivity index (χ3n) is 3.68. The van der Waals surface area contributed by atoms with Crippen LogP contribution in [0, 0.1) is 0 Å². The molecule has 0 aliphatic carbocycles. The van der Waals surface area contributed by atoms with Crippen LogP contribution < -0.4 is 0 Å². The van der Waals surface area contributed by atoms with E-state index in [0.29, 0.717) is 28.1 Å². The van der Waals surface area contributed by atoms with E-state index in [9.17, 15) is 13.2 Å². The molecule has 0 fully saturated rings. The summed E-state index contributed by atoms with van der Waals surface area (Å²) in [6, 6.07) is 10.5. The number of pyridine rings is 2. The van der Waals surface area contributed by atoms with Crippen LogP contribution in [0.2, 0.25) is 0 Å². The van der Waals surface area contributed by atoms with Gasteiger partial charge in [0.05, 0.1) is 16.8 Å². The van der Waals surface area contributed by atoms with E-state index in [2.05, 4.69) is 15.0 Å². The van der Waals surface area contributed by atoms with Gasteiger partial charge in [0.2, 0.25) is 5.89 Å². The minimum atomic E-state index is -4.48. The van der Waals surface area contributed by atoms with Gasteiger partial charge in [-0.1, -0.05) is 0 Å². The van der Waals surface area contributed by atoms with E-state index in [1.165, 1.54) is 24.4 Å². The molecule has 1 aromatic carbocycles. The molecule has 0 atom stereocenters. The topological polar surface area (TPSA) is 51.8 Å². The molecule has 0 unspecified atom stereocenters. The Labute approximate surface area is 140 Å². The third kappa shape index (κ3) is 2.84. The first-order chi connectivity index (χ1) is 12.0. The van der Waals surface area contributed by atoms with Crippen molar-refractivity contribution < 1.29 is 17.6 Å². The number of rotatable bonds is 2. The number of oxazole rings is 1. The Balaban J connectivity index is 1.83. The van der Waals surface area contributed by atoms with Crippen LogP contribution in [0.1, 0.15) is 5.56 Å². The molecule has 0 aliphatic heterocycles. The highest BCUT2D eigenvalue weighted by Gasteiger charge is 2.34. The van der Waals surface area contributed by atoms with Crippen LogP contribution in [0.15, 0.2) is 65.5 Å². The zero-order valence-corrected chi connectivity index (χ0v) is 12.7. The molecule has 7 heteroatoms. The lowest BCUT2D eigenvalue weighted by Crippen LogP contribution is -2.08. The van der Waals surface area contributed by atoms with Gasteiger partial charge in [-0.3, -0.25) is 9.97 Å². The van der Waals surface area contributed by atoms with E-state index in [1.807, 2.05) is 0 Å². The number of aromatic nitrogens is 3. The van der Waals surface area contributed by atoms with Crippen molar-refractivity contribution in [1.29, 1.82) is 0 Å². The Bertz CT molecular complexity index is 1040. The zero-order valence-electron chi connectivity index (χ0n) is 12.7. The molecule has 0 saturated carbocycles. The van der Waals surface area contributed by atoms with Crippen molar-refractivity contribution in [2.24, 2.45) is 0 Å². The number of hydrogen-bond donors (Lipinski definition) is 0. The molecule has 25 heavy (non-hydrogen) atoms. The van der Waals surface area contributed by atoms with Crippen molar-refractivity contribution >= 4 is 11.1 Å². The molecule has 3 aromatic heterocycles. The first kappa shape index (κ1) is 15.3. The van der Waals surface area contributed by atoms with Crippen LogP contribution in [0.3, 0.4) is 0 Å². The molecule has 0 amide bonds. The molecule has 4 rings (SSSR count). The summed E-state index contributed by atoms with van der Waals surface area (Å²) < 4.78 is 45.2. The fourth-order valence-electron chi connectivity index (χ4n) is 2.55. The van der Waals surface area contributed by atoms with Crippen LogP contribution in [-0.2, 0) is 6.18 Å². The van der Waals surface area contributed by atoms with Crippen molar-refractivity contribution in [3.8, 4) is 22.7 Å². The standard InChI is InChI=1S/C18H10F3N3O/c19-18(20,21)13-4-2-8-23-16(13)11-5-6-15-14(9-11)24-17(25-15)12-3-1-7-22-10-12/h1-10H. The van der Waals surface area contributed by atoms with Crippen LogP contribution >= 0.6 is 0 Å². The smallest absolute Gasteiger partial charge is 0.418 e. The van der Waals surface area contributed by atoms with E-state index >= 15 is 0 Å². The summed E-state index contributed by atoms with van der Waals surface area (Å²) in [5.41, 5.74) is 1.02. The summed E-state index contributed by atoms with van der Waals surface area (Å²) in [6.45, 7) is 0. The van der Waals surface area contributed by atoms with Gasteiger partial charge in [-0.05, 0) is 42.5 Å². The molecular formula is C18H10F3N3O. The average Bonchev–Trinajstić information content (AvgIpc) is 3.05. The first-order valence-corrected chi connectivity index (χ1v) is 7.36. The molecule has 0 aliphatic rings. The number of alkyl halides is 3. The second kappa shape index (κ2) is 5.70. The molecule has 0 radical (unpaired) electrons. The lowest BCUT2D eigenvalue weighted by molar-refractivity contribution is -0.137. The summed E-state index contributed by atoms with van der Waals surface area (Å²) >= 11 is 0. The van der Waals surface area contributed by atoms with Crippen molar-refractivity contribution in [2.45, 2.75) is 6.18 Å². The minimum absolute atomic E-state index is 0.136. The number of benzene rings is 1. The maximum absolute atomic E-state index is 13.2. The average molecular weight is 341 g/mol. The maximum Gasteiger partial charge on any atom is 0.418 e. The van der Waals surface area contributed by atoms with Gasteiger partial charge in [-0.15, -0.1) is 0 Å².